The van der Waals surface area contributed by atoms with Gasteiger partial charge in [-0.3, -0.25) is 9.89 Å². The molecule has 0 unspecified atom stereocenters. The van der Waals surface area contributed by atoms with Gasteiger partial charge in [-0.05, 0) is 0 Å². The number of H-pyrrole nitrogens is 1. The molecule has 0 spiro atoms. The van der Waals surface area contributed by atoms with Crippen LogP contribution in [0.5, 0.6) is 0 Å². The molecule has 0 aliphatic rings. The highest BCUT2D eigenvalue weighted by Gasteiger charge is 2.16. The molecule has 11 heavy (non-hydrogen) atoms. The van der Waals surface area contributed by atoms with Crippen molar-refractivity contribution < 1.29 is 5.21 Å². The third kappa shape index (κ3) is 1.45. The maximum Gasteiger partial charge on any atom is 0.302 e. The van der Waals surface area contributed by atoms with E-state index in [1.54, 1.807) is 0 Å². The molecule has 0 atom stereocenters. The summed E-state index contributed by atoms with van der Waals surface area (Å²) in [7, 11) is 0. The molecule has 0 saturated heterocycles. The highest BCUT2D eigenvalue weighted by molar-refractivity contribution is 5.09. The summed E-state index contributed by atoms with van der Waals surface area (Å²) < 4.78 is 0. The molecule has 1 aromatic rings. The van der Waals surface area contributed by atoms with Gasteiger partial charge in [0, 0.05) is 17.2 Å². The monoisotopic (exact) mass is 156 g/mol. The lowest BCUT2D eigenvalue weighted by molar-refractivity contribution is 0.137. The van der Waals surface area contributed by atoms with Crippen molar-refractivity contribution in [1.29, 1.82) is 0 Å². The van der Waals surface area contributed by atoms with Crippen molar-refractivity contribution in [3.63, 3.8) is 0 Å². The lowest BCUT2D eigenvalue weighted by atomic mass is 9.93. The predicted octanol–water partition coefficient (Wildman–Crippen LogP) is 0.711. The highest BCUT2D eigenvalue weighted by atomic mass is 16.5. The van der Waals surface area contributed by atoms with E-state index in [2.05, 4.69) is 5.10 Å². The zero-order chi connectivity index (χ0) is 8.65. The fourth-order valence-corrected chi connectivity index (χ4v) is 0.770. The Bertz CT molecular complexity index is 303. The van der Waals surface area contributed by atoms with Crippen LogP contribution in [0.1, 0.15) is 26.5 Å². The summed E-state index contributed by atoms with van der Waals surface area (Å²) in [5, 5.41) is 11.4. The van der Waals surface area contributed by atoms with Crippen LogP contribution in [0.2, 0.25) is 0 Å². The largest absolute Gasteiger partial charge is 0.410 e. The molecule has 1 heterocycles. The molecule has 0 bridgehead atoms. The van der Waals surface area contributed by atoms with Crippen molar-refractivity contribution in [2.45, 2.75) is 26.2 Å². The number of hydrogen-bond donors (Lipinski definition) is 2. The van der Waals surface area contributed by atoms with Crippen LogP contribution in [-0.2, 0) is 5.41 Å². The molecule has 0 aromatic carbocycles. The van der Waals surface area contributed by atoms with E-state index in [4.69, 9.17) is 5.21 Å². The molecule has 2 N–H and O–H groups in total. The van der Waals surface area contributed by atoms with Gasteiger partial charge in [0.05, 0.1) is 0 Å². The zero-order valence-corrected chi connectivity index (χ0v) is 6.88. The molecule has 0 saturated carbocycles. The van der Waals surface area contributed by atoms with Gasteiger partial charge >= 0.3 is 5.56 Å². The molecule has 0 aliphatic heterocycles. The molecule has 0 radical (unpaired) electrons. The van der Waals surface area contributed by atoms with Crippen LogP contribution in [0.25, 0.3) is 0 Å². The fourth-order valence-electron chi connectivity index (χ4n) is 0.770. The van der Waals surface area contributed by atoms with Crippen molar-refractivity contribution in [2.24, 2.45) is 0 Å². The normalized spacial score (nSPS) is 11.9. The third-order valence-corrected chi connectivity index (χ3v) is 1.51. The van der Waals surface area contributed by atoms with Crippen LogP contribution < -0.4 is 5.56 Å². The second kappa shape index (κ2) is 2.15. The Morgan fingerprint density at radius 2 is 2.09 bits per heavy atom. The molecule has 0 fully saturated rings. The van der Waals surface area contributed by atoms with Gasteiger partial charge in [0.15, 0.2) is 0 Å². The lowest BCUT2D eigenvalue weighted by Crippen LogP contribution is -2.13. The van der Waals surface area contributed by atoms with Crippen molar-refractivity contribution >= 4 is 0 Å². The lowest BCUT2D eigenvalue weighted by Gasteiger charge is -2.14. The van der Waals surface area contributed by atoms with Gasteiger partial charge < -0.3 is 5.21 Å². The van der Waals surface area contributed by atoms with Crippen molar-refractivity contribution in [2.75, 3.05) is 0 Å². The standard InChI is InChI=1S/C7H12N2O2/c1-7(2,3)5-4-6(10)9(11)8-5/h4,8,11H,1-3H3. The van der Waals surface area contributed by atoms with Crippen molar-refractivity contribution in [1.82, 2.24) is 9.94 Å². The van der Waals surface area contributed by atoms with Gasteiger partial charge in [-0.25, -0.2) is 0 Å². The quantitative estimate of drug-likeness (QED) is 0.543. The maximum atomic E-state index is 10.8. The number of aromatic amines is 1. The molecule has 4 heteroatoms. The first kappa shape index (κ1) is 7.91. The van der Waals surface area contributed by atoms with Gasteiger partial charge in [-0.1, -0.05) is 25.6 Å². The molecular formula is C7H12N2O2. The molecule has 4 nitrogen and oxygen atoms in total. The smallest absolute Gasteiger partial charge is 0.302 e. The highest BCUT2D eigenvalue weighted by Crippen LogP contribution is 2.17. The molecule has 0 aliphatic carbocycles. The average molecular weight is 156 g/mol. The van der Waals surface area contributed by atoms with E-state index < -0.39 is 5.56 Å². The van der Waals surface area contributed by atoms with Crippen LogP contribution in [-0.4, -0.2) is 15.2 Å². The average Bonchev–Trinajstić information content (AvgIpc) is 2.11. The Hall–Kier alpha value is -1.19. The minimum Gasteiger partial charge on any atom is -0.410 e. The van der Waals surface area contributed by atoms with E-state index in [0.717, 1.165) is 5.69 Å². The van der Waals surface area contributed by atoms with Crippen LogP contribution in [0.3, 0.4) is 0 Å². The summed E-state index contributed by atoms with van der Waals surface area (Å²) in [5.41, 5.74) is 0.174. The molecule has 62 valence electrons. The number of nitrogens with zero attached hydrogens (tertiary/aromatic N) is 1. The van der Waals surface area contributed by atoms with E-state index in [-0.39, 0.29) is 5.41 Å². The summed E-state index contributed by atoms with van der Waals surface area (Å²) in [6, 6.07) is 1.39. The first-order valence-electron chi connectivity index (χ1n) is 3.43. The van der Waals surface area contributed by atoms with Crippen LogP contribution >= 0.6 is 0 Å². The van der Waals surface area contributed by atoms with E-state index in [1.165, 1.54) is 6.07 Å². The Balaban J connectivity index is 3.18. The van der Waals surface area contributed by atoms with Crippen molar-refractivity contribution in [3.8, 4) is 0 Å². The Morgan fingerprint density at radius 3 is 2.27 bits per heavy atom. The second-order valence-electron chi connectivity index (χ2n) is 3.57. The molecular weight excluding hydrogens is 144 g/mol. The van der Waals surface area contributed by atoms with Gasteiger partial charge in [0.25, 0.3) is 0 Å². The Labute approximate surface area is 64.4 Å². The maximum absolute atomic E-state index is 10.8. The second-order valence-corrected chi connectivity index (χ2v) is 3.57. The number of rotatable bonds is 0. The van der Waals surface area contributed by atoms with Crippen molar-refractivity contribution in [3.05, 3.63) is 22.1 Å². The molecule has 0 amide bonds. The number of hydrogen-bond acceptors (Lipinski definition) is 2. The Kier molecular flexibility index (Phi) is 1.55. The van der Waals surface area contributed by atoms with Crippen LogP contribution in [0.4, 0.5) is 0 Å². The fraction of sp³-hybridized carbons (Fsp3) is 0.571. The topological polar surface area (TPSA) is 58.0 Å². The predicted molar refractivity (Wildman–Crippen MR) is 40.9 cm³/mol. The first-order valence-corrected chi connectivity index (χ1v) is 3.43. The van der Waals surface area contributed by atoms with E-state index in [0.29, 0.717) is 4.85 Å². The SMILES string of the molecule is CC(C)(C)c1cc(=O)n(O)[nH]1. The van der Waals surface area contributed by atoms with E-state index in [9.17, 15) is 4.79 Å². The number of nitrogens with one attached hydrogen (secondary N) is 1. The summed E-state index contributed by atoms with van der Waals surface area (Å²) in [6.07, 6.45) is 0. The van der Waals surface area contributed by atoms with Crippen LogP contribution in [0.15, 0.2) is 10.9 Å². The van der Waals surface area contributed by atoms with E-state index in [1.807, 2.05) is 20.8 Å². The minimum atomic E-state index is -0.421. The summed E-state index contributed by atoms with van der Waals surface area (Å²) in [6.45, 7) is 5.87. The number of aromatic nitrogens is 2. The summed E-state index contributed by atoms with van der Waals surface area (Å²) in [5.74, 6) is 0. The summed E-state index contributed by atoms with van der Waals surface area (Å²) in [4.78, 5) is 11.3. The zero-order valence-electron chi connectivity index (χ0n) is 6.88. The summed E-state index contributed by atoms with van der Waals surface area (Å²) >= 11 is 0. The molecule has 1 aromatic heterocycles. The van der Waals surface area contributed by atoms with Gasteiger partial charge in [0.1, 0.15) is 0 Å². The van der Waals surface area contributed by atoms with Crippen LogP contribution in [0, 0.1) is 0 Å². The van der Waals surface area contributed by atoms with Gasteiger partial charge in [-0.15, -0.1) is 0 Å². The molecule has 1 rings (SSSR count). The minimum absolute atomic E-state index is 0.132. The first-order chi connectivity index (χ1) is 4.91. The van der Waals surface area contributed by atoms with E-state index >= 15 is 0 Å². The van der Waals surface area contributed by atoms with Gasteiger partial charge in [0.2, 0.25) is 0 Å². The third-order valence-electron chi connectivity index (χ3n) is 1.51. The Morgan fingerprint density at radius 1 is 1.55 bits per heavy atom. The van der Waals surface area contributed by atoms with Gasteiger partial charge in [-0.2, -0.15) is 0 Å².